The summed E-state index contributed by atoms with van der Waals surface area (Å²) < 4.78 is 5.40. The largest absolute Gasteiger partial charge is 0.449 e. The highest BCUT2D eigenvalue weighted by Gasteiger charge is 2.19. The summed E-state index contributed by atoms with van der Waals surface area (Å²) in [5.41, 5.74) is 0. The summed E-state index contributed by atoms with van der Waals surface area (Å²) in [6.45, 7) is 4.52. The van der Waals surface area contributed by atoms with E-state index in [0.717, 1.165) is 24.8 Å². The summed E-state index contributed by atoms with van der Waals surface area (Å²) in [4.78, 5) is 0. The fourth-order valence-corrected chi connectivity index (χ4v) is 2.28. The van der Waals surface area contributed by atoms with Crippen molar-refractivity contribution in [3.05, 3.63) is 23.1 Å². The molecule has 1 N–H and O–H groups in total. The number of hydrogen-bond acceptors (Lipinski definition) is 2. The number of rotatable bonds is 3. The summed E-state index contributed by atoms with van der Waals surface area (Å²) >= 11 is 5.74. The fourth-order valence-electron chi connectivity index (χ4n) is 2.12. The van der Waals surface area contributed by atoms with E-state index < -0.39 is 0 Å². The molecule has 1 saturated heterocycles. The van der Waals surface area contributed by atoms with E-state index in [4.69, 9.17) is 16.0 Å². The summed E-state index contributed by atoms with van der Waals surface area (Å²) in [5, 5.41) is 3.87. The van der Waals surface area contributed by atoms with Crippen LogP contribution in [0.3, 0.4) is 0 Å². The van der Waals surface area contributed by atoms with E-state index in [1.807, 2.05) is 12.1 Å². The summed E-state index contributed by atoms with van der Waals surface area (Å²) in [6.07, 6.45) is 2.48. The first-order valence-electron chi connectivity index (χ1n) is 5.21. The van der Waals surface area contributed by atoms with Crippen molar-refractivity contribution in [2.75, 3.05) is 13.1 Å². The lowest BCUT2D eigenvalue weighted by Gasteiger charge is -2.13. The minimum atomic E-state index is 0.479. The predicted molar refractivity (Wildman–Crippen MR) is 57.7 cm³/mol. The fraction of sp³-hybridized carbons (Fsp3) is 0.636. The zero-order valence-electron chi connectivity index (χ0n) is 8.42. The third-order valence-corrected chi connectivity index (χ3v) is 3.13. The highest BCUT2D eigenvalue weighted by molar-refractivity contribution is 6.28. The van der Waals surface area contributed by atoms with Gasteiger partial charge < -0.3 is 9.73 Å². The van der Waals surface area contributed by atoms with Crippen LogP contribution in [0.2, 0.25) is 5.22 Å². The standard InChI is InChI=1S/C11H16ClNO/c1-8(6-9-4-5-13-7-9)10-2-3-11(12)14-10/h2-3,8-9,13H,4-7H2,1H3. The zero-order valence-corrected chi connectivity index (χ0v) is 9.18. The van der Waals surface area contributed by atoms with Gasteiger partial charge in [0.15, 0.2) is 5.22 Å². The van der Waals surface area contributed by atoms with E-state index in [1.165, 1.54) is 12.8 Å². The van der Waals surface area contributed by atoms with E-state index in [0.29, 0.717) is 11.1 Å². The Bertz CT molecular complexity index is 291. The lowest BCUT2D eigenvalue weighted by atomic mass is 9.93. The second kappa shape index (κ2) is 4.37. The van der Waals surface area contributed by atoms with Crippen LogP contribution in [0.1, 0.15) is 31.4 Å². The van der Waals surface area contributed by atoms with Gasteiger partial charge >= 0.3 is 0 Å². The van der Waals surface area contributed by atoms with Crippen LogP contribution in [-0.2, 0) is 0 Å². The molecule has 0 spiro atoms. The second-order valence-corrected chi connectivity index (χ2v) is 4.51. The molecule has 78 valence electrons. The van der Waals surface area contributed by atoms with Gasteiger partial charge in [0.05, 0.1) is 0 Å². The summed E-state index contributed by atoms with van der Waals surface area (Å²) in [6, 6.07) is 3.80. The Balaban J connectivity index is 1.91. The van der Waals surface area contributed by atoms with Crippen molar-refractivity contribution < 1.29 is 4.42 Å². The van der Waals surface area contributed by atoms with E-state index >= 15 is 0 Å². The van der Waals surface area contributed by atoms with Gasteiger partial charge in [0, 0.05) is 5.92 Å². The Hall–Kier alpha value is -0.470. The van der Waals surface area contributed by atoms with Gasteiger partial charge in [-0.1, -0.05) is 6.92 Å². The van der Waals surface area contributed by atoms with Gasteiger partial charge in [-0.3, -0.25) is 0 Å². The van der Waals surface area contributed by atoms with Gasteiger partial charge in [-0.05, 0) is 55.6 Å². The molecular weight excluding hydrogens is 198 g/mol. The van der Waals surface area contributed by atoms with E-state index in [-0.39, 0.29) is 0 Å². The molecule has 1 aromatic heterocycles. The van der Waals surface area contributed by atoms with Gasteiger partial charge in [0.2, 0.25) is 0 Å². The average Bonchev–Trinajstić information content (AvgIpc) is 2.75. The Morgan fingerprint density at radius 1 is 1.64 bits per heavy atom. The van der Waals surface area contributed by atoms with Crippen molar-refractivity contribution in [3.63, 3.8) is 0 Å². The molecule has 2 nitrogen and oxygen atoms in total. The maximum atomic E-state index is 5.74. The van der Waals surface area contributed by atoms with Crippen LogP contribution in [0.25, 0.3) is 0 Å². The van der Waals surface area contributed by atoms with Crippen molar-refractivity contribution in [1.82, 2.24) is 5.32 Å². The average molecular weight is 214 g/mol. The van der Waals surface area contributed by atoms with Crippen molar-refractivity contribution in [2.24, 2.45) is 5.92 Å². The number of hydrogen-bond donors (Lipinski definition) is 1. The van der Waals surface area contributed by atoms with E-state index in [1.54, 1.807) is 0 Å². The normalized spacial score (nSPS) is 24.0. The number of halogens is 1. The van der Waals surface area contributed by atoms with Gasteiger partial charge in [-0.25, -0.2) is 0 Å². The van der Waals surface area contributed by atoms with Crippen molar-refractivity contribution in [1.29, 1.82) is 0 Å². The third kappa shape index (κ3) is 2.31. The molecule has 2 rings (SSSR count). The highest BCUT2D eigenvalue weighted by Crippen LogP contribution is 2.28. The Morgan fingerprint density at radius 3 is 3.07 bits per heavy atom. The molecule has 1 aliphatic rings. The van der Waals surface area contributed by atoms with Crippen molar-refractivity contribution in [2.45, 2.75) is 25.7 Å². The number of nitrogens with one attached hydrogen (secondary N) is 1. The Kier molecular flexibility index (Phi) is 3.14. The molecule has 0 radical (unpaired) electrons. The van der Waals surface area contributed by atoms with Crippen molar-refractivity contribution >= 4 is 11.6 Å². The van der Waals surface area contributed by atoms with Crippen LogP contribution in [-0.4, -0.2) is 13.1 Å². The third-order valence-electron chi connectivity index (χ3n) is 2.93. The van der Waals surface area contributed by atoms with Gasteiger partial charge in [-0.2, -0.15) is 0 Å². The quantitative estimate of drug-likeness (QED) is 0.835. The minimum Gasteiger partial charge on any atom is -0.449 e. The van der Waals surface area contributed by atoms with Gasteiger partial charge in [0.1, 0.15) is 5.76 Å². The first-order valence-corrected chi connectivity index (χ1v) is 5.59. The first kappa shape index (κ1) is 10.1. The highest BCUT2D eigenvalue weighted by atomic mass is 35.5. The van der Waals surface area contributed by atoms with E-state index in [2.05, 4.69) is 12.2 Å². The molecule has 2 heterocycles. The van der Waals surface area contributed by atoms with Crippen LogP contribution < -0.4 is 5.32 Å². The van der Waals surface area contributed by atoms with Gasteiger partial charge in [0.25, 0.3) is 0 Å². The minimum absolute atomic E-state index is 0.479. The van der Waals surface area contributed by atoms with Crippen LogP contribution in [0.5, 0.6) is 0 Å². The molecule has 2 atom stereocenters. The summed E-state index contributed by atoms with van der Waals surface area (Å²) in [7, 11) is 0. The Morgan fingerprint density at radius 2 is 2.50 bits per heavy atom. The van der Waals surface area contributed by atoms with E-state index in [9.17, 15) is 0 Å². The lowest BCUT2D eigenvalue weighted by molar-refractivity contribution is 0.412. The first-order chi connectivity index (χ1) is 6.75. The van der Waals surface area contributed by atoms with Crippen LogP contribution >= 0.6 is 11.6 Å². The molecule has 0 bridgehead atoms. The molecule has 3 heteroatoms. The van der Waals surface area contributed by atoms with Gasteiger partial charge in [-0.15, -0.1) is 0 Å². The van der Waals surface area contributed by atoms with Crippen LogP contribution in [0.15, 0.2) is 16.5 Å². The molecule has 0 aliphatic carbocycles. The predicted octanol–water partition coefficient (Wildman–Crippen LogP) is 3.04. The number of furan rings is 1. The van der Waals surface area contributed by atoms with Crippen LogP contribution in [0, 0.1) is 5.92 Å². The molecule has 1 aromatic rings. The smallest absolute Gasteiger partial charge is 0.193 e. The molecule has 1 fully saturated rings. The topological polar surface area (TPSA) is 25.2 Å². The summed E-state index contributed by atoms with van der Waals surface area (Å²) in [5.74, 6) is 2.29. The second-order valence-electron chi connectivity index (χ2n) is 4.14. The molecule has 0 amide bonds. The molecule has 2 unspecified atom stereocenters. The SMILES string of the molecule is CC(CC1CCNC1)c1ccc(Cl)o1. The maximum absolute atomic E-state index is 5.74. The van der Waals surface area contributed by atoms with Crippen LogP contribution in [0.4, 0.5) is 0 Å². The monoisotopic (exact) mass is 213 g/mol. The molecular formula is C11H16ClNO. The lowest BCUT2D eigenvalue weighted by Crippen LogP contribution is -2.10. The molecule has 0 saturated carbocycles. The molecule has 0 aromatic carbocycles. The maximum Gasteiger partial charge on any atom is 0.193 e. The molecule has 1 aliphatic heterocycles. The Labute approximate surface area is 89.6 Å². The van der Waals surface area contributed by atoms with Crippen molar-refractivity contribution in [3.8, 4) is 0 Å². The molecule has 14 heavy (non-hydrogen) atoms. The zero-order chi connectivity index (χ0) is 9.97.